The molecular formula is C11H11FN4O2. The highest BCUT2D eigenvalue weighted by molar-refractivity contribution is 5.91. The van der Waals surface area contributed by atoms with Crippen molar-refractivity contribution in [3.63, 3.8) is 0 Å². The Bertz CT molecular complexity index is 582. The van der Waals surface area contributed by atoms with Crippen molar-refractivity contribution < 1.29 is 13.9 Å². The third-order valence-electron chi connectivity index (χ3n) is 2.37. The van der Waals surface area contributed by atoms with Crippen molar-refractivity contribution in [3.8, 4) is 0 Å². The van der Waals surface area contributed by atoms with Gasteiger partial charge >= 0.3 is 5.97 Å². The maximum atomic E-state index is 13.0. The number of nitrogens with zero attached hydrogens (tertiary/aromatic N) is 3. The van der Waals surface area contributed by atoms with E-state index in [-0.39, 0.29) is 23.9 Å². The van der Waals surface area contributed by atoms with Crippen LogP contribution in [0.5, 0.6) is 0 Å². The van der Waals surface area contributed by atoms with Crippen molar-refractivity contribution in [2.45, 2.75) is 6.54 Å². The molecule has 18 heavy (non-hydrogen) atoms. The molecule has 0 aliphatic heterocycles. The minimum atomic E-state index is -0.655. The first-order valence-electron chi connectivity index (χ1n) is 5.13. The molecule has 0 aliphatic rings. The maximum Gasteiger partial charge on any atom is 0.362 e. The molecule has 0 spiro atoms. The molecule has 6 nitrogen and oxygen atoms in total. The lowest BCUT2D eigenvalue weighted by Crippen LogP contribution is -2.09. The zero-order valence-electron chi connectivity index (χ0n) is 9.63. The summed E-state index contributed by atoms with van der Waals surface area (Å²) in [7, 11) is 1.23. The molecule has 0 aliphatic carbocycles. The van der Waals surface area contributed by atoms with E-state index in [0.29, 0.717) is 5.56 Å². The molecule has 2 N–H and O–H groups in total. The molecule has 0 unspecified atom stereocenters. The van der Waals surface area contributed by atoms with E-state index in [1.54, 1.807) is 12.1 Å². The van der Waals surface area contributed by atoms with Crippen molar-refractivity contribution in [2.24, 2.45) is 0 Å². The maximum absolute atomic E-state index is 13.0. The quantitative estimate of drug-likeness (QED) is 0.816. The normalized spacial score (nSPS) is 10.3. The summed E-state index contributed by atoms with van der Waals surface area (Å²) in [6, 6.07) is 6.01. The number of nitrogens with two attached hydrogens (primary N) is 1. The highest BCUT2D eigenvalue weighted by Gasteiger charge is 2.17. The van der Waals surface area contributed by atoms with Crippen LogP contribution in [0.2, 0.25) is 0 Å². The number of methoxy groups -OCH3 is 1. The molecular weight excluding hydrogens is 239 g/mol. The van der Waals surface area contributed by atoms with E-state index in [2.05, 4.69) is 15.0 Å². The molecule has 1 aromatic heterocycles. The molecule has 0 amide bonds. The fourth-order valence-corrected chi connectivity index (χ4v) is 1.49. The Hall–Kier alpha value is -2.44. The molecule has 0 saturated carbocycles. The van der Waals surface area contributed by atoms with Crippen LogP contribution < -0.4 is 5.73 Å². The Kier molecular flexibility index (Phi) is 3.22. The van der Waals surface area contributed by atoms with Gasteiger partial charge in [0.05, 0.1) is 13.7 Å². The van der Waals surface area contributed by atoms with Crippen LogP contribution in [0.25, 0.3) is 0 Å². The van der Waals surface area contributed by atoms with Gasteiger partial charge in [-0.2, -0.15) is 0 Å². The van der Waals surface area contributed by atoms with Crippen LogP contribution in [0, 0.1) is 5.82 Å². The number of rotatable bonds is 3. The average Bonchev–Trinajstić information content (AvgIpc) is 2.70. The second-order valence-electron chi connectivity index (χ2n) is 3.60. The molecule has 1 aromatic carbocycles. The van der Waals surface area contributed by atoms with Crippen LogP contribution in [0.4, 0.5) is 10.2 Å². The largest absolute Gasteiger partial charge is 0.464 e. The summed E-state index contributed by atoms with van der Waals surface area (Å²) in [5.41, 5.74) is 6.33. The fraction of sp³-hybridized carbons (Fsp3) is 0.182. The number of esters is 1. The highest BCUT2D eigenvalue weighted by atomic mass is 19.1. The fourth-order valence-electron chi connectivity index (χ4n) is 1.49. The Labute approximate surface area is 102 Å². The van der Waals surface area contributed by atoms with E-state index >= 15 is 0 Å². The number of anilines is 1. The Balaban J connectivity index is 2.25. The van der Waals surface area contributed by atoms with Gasteiger partial charge in [-0.25, -0.2) is 13.9 Å². The van der Waals surface area contributed by atoms with Gasteiger partial charge in [-0.1, -0.05) is 17.3 Å². The summed E-state index contributed by atoms with van der Waals surface area (Å²) in [6.45, 7) is 0.230. The first-order valence-corrected chi connectivity index (χ1v) is 5.13. The van der Waals surface area contributed by atoms with Gasteiger partial charge in [0.1, 0.15) is 5.82 Å². The van der Waals surface area contributed by atoms with Crippen molar-refractivity contribution in [3.05, 3.63) is 41.3 Å². The van der Waals surface area contributed by atoms with Gasteiger partial charge in [-0.05, 0) is 17.7 Å². The van der Waals surface area contributed by atoms with E-state index in [0.717, 1.165) is 0 Å². The second-order valence-corrected chi connectivity index (χ2v) is 3.60. The molecule has 2 aromatic rings. The Morgan fingerprint density at radius 3 is 3.00 bits per heavy atom. The highest BCUT2D eigenvalue weighted by Crippen LogP contribution is 2.12. The second kappa shape index (κ2) is 4.82. The first kappa shape index (κ1) is 12.0. The predicted molar refractivity (Wildman–Crippen MR) is 61.3 cm³/mol. The van der Waals surface area contributed by atoms with Crippen LogP contribution in [0.3, 0.4) is 0 Å². The number of carbonyl (C=O) groups is 1. The molecule has 0 fully saturated rings. The van der Waals surface area contributed by atoms with Crippen molar-refractivity contribution >= 4 is 11.8 Å². The number of nitrogen functional groups attached to an aromatic ring is 1. The average molecular weight is 250 g/mol. The Morgan fingerprint density at radius 1 is 1.56 bits per heavy atom. The molecule has 0 radical (unpaired) electrons. The Morgan fingerprint density at radius 2 is 2.33 bits per heavy atom. The van der Waals surface area contributed by atoms with Gasteiger partial charge in [0, 0.05) is 0 Å². The summed E-state index contributed by atoms with van der Waals surface area (Å²) in [4.78, 5) is 11.3. The number of hydrogen-bond donors (Lipinski definition) is 1. The van der Waals surface area contributed by atoms with Crippen molar-refractivity contribution in [1.82, 2.24) is 15.0 Å². The molecule has 7 heteroatoms. The van der Waals surface area contributed by atoms with Gasteiger partial charge in [0.25, 0.3) is 0 Å². The minimum absolute atomic E-state index is 0.0473. The number of carbonyl (C=O) groups excluding carboxylic acids is 1. The van der Waals surface area contributed by atoms with Crippen molar-refractivity contribution in [2.75, 3.05) is 12.8 Å². The zero-order valence-corrected chi connectivity index (χ0v) is 9.63. The zero-order chi connectivity index (χ0) is 13.1. The van der Waals surface area contributed by atoms with E-state index < -0.39 is 5.97 Å². The van der Waals surface area contributed by atoms with Gasteiger partial charge in [0.2, 0.25) is 5.69 Å². The van der Waals surface area contributed by atoms with Crippen LogP contribution in [-0.2, 0) is 11.3 Å². The van der Waals surface area contributed by atoms with Crippen LogP contribution in [0.15, 0.2) is 24.3 Å². The lowest BCUT2D eigenvalue weighted by Gasteiger charge is -2.03. The third kappa shape index (κ3) is 2.29. The lowest BCUT2D eigenvalue weighted by molar-refractivity contribution is 0.0595. The molecule has 94 valence electrons. The van der Waals surface area contributed by atoms with Crippen LogP contribution >= 0.6 is 0 Å². The standard InChI is InChI=1S/C11H11FN4O2/c1-18-11(17)9-10(13)16(15-14-9)6-7-3-2-4-8(12)5-7/h2-5H,6,13H2,1H3. The smallest absolute Gasteiger partial charge is 0.362 e. The summed E-state index contributed by atoms with van der Waals surface area (Å²) >= 11 is 0. The topological polar surface area (TPSA) is 83.0 Å². The van der Waals surface area contributed by atoms with Crippen LogP contribution in [-0.4, -0.2) is 28.1 Å². The first-order chi connectivity index (χ1) is 8.61. The van der Waals surface area contributed by atoms with E-state index in [1.807, 2.05) is 0 Å². The molecule has 2 rings (SSSR count). The summed E-state index contributed by atoms with van der Waals surface area (Å²) in [6.07, 6.45) is 0. The number of ether oxygens (including phenoxy) is 1. The van der Waals surface area contributed by atoms with Crippen molar-refractivity contribution in [1.29, 1.82) is 0 Å². The molecule has 0 atom stereocenters. The minimum Gasteiger partial charge on any atom is -0.464 e. The number of halogens is 1. The van der Waals surface area contributed by atoms with E-state index in [4.69, 9.17) is 5.73 Å². The van der Waals surface area contributed by atoms with Gasteiger partial charge in [-0.15, -0.1) is 5.10 Å². The van der Waals surface area contributed by atoms with Crippen LogP contribution in [0.1, 0.15) is 16.1 Å². The number of hydrogen-bond acceptors (Lipinski definition) is 5. The molecule has 0 bridgehead atoms. The molecule has 1 heterocycles. The number of benzene rings is 1. The SMILES string of the molecule is COC(=O)c1nnn(Cc2cccc(F)c2)c1N. The summed E-state index contributed by atoms with van der Waals surface area (Å²) < 4.78 is 18.8. The number of aromatic nitrogens is 3. The third-order valence-corrected chi connectivity index (χ3v) is 2.37. The summed E-state index contributed by atoms with van der Waals surface area (Å²) in [5.74, 6) is -0.913. The van der Waals surface area contributed by atoms with E-state index in [9.17, 15) is 9.18 Å². The predicted octanol–water partition coefficient (Wildman–Crippen LogP) is 0.834. The lowest BCUT2D eigenvalue weighted by atomic mass is 10.2. The van der Waals surface area contributed by atoms with Gasteiger partial charge in [0.15, 0.2) is 5.82 Å². The van der Waals surface area contributed by atoms with Gasteiger partial charge in [-0.3, -0.25) is 0 Å². The van der Waals surface area contributed by atoms with E-state index in [1.165, 1.54) is 23.9 Å². The van der Waals surface area contributed by atoms with Gasteiger partial charge < -0.3 is 10.5 Å². The molecule has 0 saturated heterocycles. The monoisotopic (exact) mass is 250 g/mol. The summed E-state index contributed by atoms with van der Waals surface area (Å²) in [5, 5.41) is 7.35.